The van der Waals surface area contributed by atoms with Gasteiger partial charge in [0.25, 0.3) is 0 Å². The van der Waals surface area contributed by atoms with E-state index in [0.29, 0.717) is 44.2 Å². The third-order valence-electron chi connectivity index (χ3n) is 5.62. The maximum Gasteiger partial charge on any atom is 0.243 e. The van der Waals surface area contributed by atoms with Crippen LogP contribution < -0.4 is 5.32 Å². The first-order valence-corrected chi connectivity index (χ1v) is 11.8. The summed E-state index contributed by atoms with van der Waals surface area (Å²) in [4.78, 5) is 14.7. The quantitative estimate of drug-likeness (QED) is 0.734. The minimum atomic E-state index is -3.51. The number of benzene rings is 2. The van der Waals surface area contributed by atoms with Crippen LogP contribution in [0.1, 0.15) is 29.5 Å². The number of nitrogens with one attached hydrogen (secondary N) is 1. The summed E-state index contributed by atoms with van der Waals surface area (Å²) in [6.07, 6.45) is 0. The molecule has 0 saturated carbocycles. The molecule has 0 bridgehead atoms. The summed E-state index contributed by atoms with van der Waals surface area (Å²) in [6.45, 7) is 8.63. The van der Waals surface area contributed by atoms with Crippen LogP contribution in [0.15, 0.2) is 53.4 Å². The smallest absolute Gasteiger partial charge is 0.243 e. The lowest BCUT2D eigenvalue weighted by molar-refractivity contribution is -0.122. The summed E-state index contributed by atoms with van der Waals surface area (Å²) >= 11 is 0. The molecular formula is C23H31N3O3S. The van der Waals surface area contributed by atoms with Crippen molar-refractivity contribution < 1.29 is 13.2 Å². The molecule has 0 aliphatic carbocycles. The summed E-state index contributed by atoms with van der Waals surface area (Å²) in [7, 11) is -3.51. The fourth-order valence-electron chi connectivity index (χ4n) is 3.78. The third-order valence-corrected chi connectivity index (χ3v) is 7.68. The van der Waals surface area contributed by atoms with Gasteiger partial charge in [0.15, 0.2) is 0 Å². The van der Waals surface area contributed by atoms with Gasteiger partial charge in [-0.25, -0.2) is 8.42 Å². The Labute approximate surface area is 179 Å². The number of carbonyl (C=O) groups is 1. The molecule has 2 aromatic rings. The topological polar surface area (TPSA) is 69.7 Å². The largest absolute Gasteiger partial charge is 0.354 e. The van der Waals surface area contributed by atoms with Crippen molar-refractivity contribution in [3.8, 4) is 0 Å². The first-order chi connectivity index (χ1) is 14.3. The summed E-state index contributed by atoms with van der Waals surface area (Å²) in [5.74, 6) is 0.221. The van der Waals surface area contributed by atoms with Crippen LogP contribution in [0.4, 0.5) is 0 Å². The highest BCUT2D eigenvalue weighted by Crippen LogP contribution is 2.22. The van der Waals surface area contributed by atoms with Gasteiger partial charge in [-0.15, -0.1) is 0 Å². The molecule has 0 radical (unpaired) electrons. The molecule has 6 nitrogen and oxygen atoms in total. The van der Waals surface area contributed by atoms with Gasteiger partial charge in [-0.3, -0.25) is 9.69 Å². The zero-order chi connectivity index (χ0) is 21.7. The van der Waals surface area contributed by atoms with E-state index in [1.807, 2.05) is 49.1 Å². The molecule has 1 heterocycles. The van der Waals surface area contributed by atoms with Crippen molar-refractivity contribution in [2.75, 3.05) is 39.3 Å². The molecule has 0 spiro atoms. The molecule has 1 aliphatic heterocycles. The van der Waals surface area contributed by atoms with Gasteiger partial charge in [0.1, 0.15) is 0 Å². The standard InChI is InChI=1S/C23H31N3O3S/c1-18-9-10-22(19(2)15-18)30(28,29)26-13-11-25(12-14-26)17-23(27)24-16-20(3)21-7-5-4-6-8-21/h4-10,15,20H,11-14,16-17H2,1-3H3,(H,24,27)/t20-/m0/s1. The average molecular weight is 430 g/mol. The van der Waals surface area contributed by atoms with Crippen molar-refractivity contribution in [2.24, 2.45) is 0 Å². The molecule has 7 heteroatoms. The second-order valence-electron chi connectivity index (χ2n) is 8.06. The van der Waals surface area contributed by atoms with Crippen LogP contribution >= 0.6 is 0 Å². The van der Waals surface area contributed by atoms with Gasteiger partial charge in [-0.1, -0.05) is 55.0 Å². The molecule has 162 valence electrons. The second kappa shape index (κ2) is 9.73. The van der Waals surface area contributed by atoms with E-state index in [9.17, 15) is 13.2 Å². The minimum Gasteiger partial charge on any atom is -0.354 e. The zero-order valence-corrected chi connectivity index (χ0v) is 18.8. The van der Waals surface area contributed by atoms with E-state index in [2.05, 4.69) is 24.4 Å². The molecule has 1 aliphatic rings. The molecule has 0 unspecified atom stereocenters. The Morgan fingerprint density at radius 2 is 1.70 bits per heavy atom. The maximum atomic E-state index is 13.0. The van der Waals surface area contributed by atoms with Crippen LogP contribution in [0.25, 0.3) is 0 Å². The number of sulfonamides is 1. The Hall–Kier alpha value is -2.22. The summed E-state index contributed by atoms with van der Waals surface area (Å²) in [5, 5.41) is 3.00. The van der Waals surface area contributed by atoms with E-state index < -0.39 is 10.0 Å². The number of nitrogens with zero attached hydrogens (tertiary/aromatic N) is 2. The van der Waals surface area contributed by atoms with Crippen LogP contribution in [0.3, 0.4) is 0 Å². The molecule has 3 rings (SSSR count). The Kier molecular flexibility index (Phi) is 7.28. The van der Waals surface area contributed by atoms with Gasteiger partial charge in [0.05, 0.1) is 11.4 Å². The van der Waals surface area contributed by atoms with Gasteiger partial charge in [-0.05, 0) is 37.0 Å². The normalized spacial score (nSPS) is 16.9. The summed E-state index contributed by atoms with van der Waals surface area (Å²) in [5.41, 5.74) is 3.01. The molecule has 1 N–H and O–H groups in total. The highest BCUT2D eigenvalue weighted by Gasteiger charge is 2.30. The Morgan fingerprint density at radius 1 is 1.03 bits per heavy atom. The number of piperazine rings is 1. The number of carbonyl (C=O) groups excluding carboxylic acids is 1. The molecule has 1 amide bonds. The van der Waals surface area contributed by atoms with Gasteiger partial charge >= 0.3 is 0 Å². The Bertz CT molecular complexity index is 968. The van der Waals surface area contributed by atoms with Gasteiger partial charge in [0.2, 0.25) is 15.9 Å². The first kappa shape index (κ1) is 22.5. The van der Waals surface area contributed by atoms with Crippen molar-refractivity contribution in [3.63, 3.8) is 0 Å². The Morgan fingerprint density at radius 3 is 2.33 bits per heavy atom. The van der Waals surface area contributed by atoms with Gasteiger partial charge < -0.3 is 5.32 Å². The van der Waals surface area contributed by atoms with E-state index in [0.717, 1.165) is 11.1 Å². The second-order valence-corrected chi connectivity index (χ2v) is 9.97. The number of rotatable bonds is 7. The lowest BCUT2D eigenvalue weighted by Gasteiger charge is -2.33. The fraction of sp³-hybridized carbons (Fsp3) is 0.435. The van der Waals surface area contributed by atoms with E-state index in [1.54, 1.807) is 6.07 Å². The van der Waals surface area contributed by atoms with Crippen molar-refractivity contribution >= 4 is 15.9 Å². The predicted molar refractivity (Wildman–Crippen MR) is 119 cm³/mol. The zero-order valence-electron chi connectivity index (χ0n) is 18.0. The number of hydrogen-bond donors (Lipinski definition) is 1. The van der Waals surface area contributed by atoms with Crippen molar-refractivity contribution in [1.82, 2.24) is 14.5 Å². The number of hydrogen-bond acceptors (Lipinski definition) is 4. The van der Waals surface area contributed by atoms with Crippen LogP contribution in [-0.2, 0) is 14.8 Å². The minimum absolute atomic E-state index is 0.0246. The first-order valence-electron chi connectivity index (χ1n) is 10.4. The van der Waals surface area contributed by atoms with Crippen LogP contribution in [0.2, 0.25) is 0 Å². The number of aryl methyl sites for hydroxylation is 2. The SMILES string of the molecule is Cc1ccc(S(=O)(=O)N2CCN(CC(=O)NC[C@H](C)c3ccccc3)CC2)c(C)c1. The fourth-order valence-corrected chi connectivity index (χ4v) is 5.41. The maximum absolute atomic E-state index is 13.0. The lowest BCUT2D eigenvalue weighted by Crippen LogP contribution is -2.51. The van der Waals surface area contributed by atoms with E-state index >= 15 is 0 Å². The summed E-state index contributed by atoms with van der Waals surface area (Å²) < 4.78 is 27.5. The lowest BCUT2D eigenvalue weighted by atomic mass is 10.0. The van der Waals surface area contributed by atoms with Gasteiger partial charge in [0, 0.05) is 32.7 Å². The van der Waals surface area contributed by atoms with Crippen LogP contribution in [0, 0.1) is 13.8 Å². The van der Waals surface area contributed by atoms with Gasteiger partial charge in [-0.2, -0.15) is 4.31 Å². The highest BCUT2D eigenvalue weighted by atomic mass is 32.2. The van der Waals surface area contributed by atoms with Crippen molar-refractivity contribution in [3.05, 3.63) is 65.2 Å². The highest BCUT2D eigenvalue weighted by molar-refractivity contribution is 7.89. The monoisotopic (exact) mass is 429 g/mol. The molecule has 1 fully saturated rings. The van der Waals surface area contributed by atoms with E-state index in [4.69, 9.17) is 0 Å². The third kappa shape index (κ3) is 5.47. The van der Waals surface area contributed by atoms with E-state index in [-0.39, 0.29) is 11.8 Å². The van der Waals surface area contributed by atoms with Crippen molar-refractivity contribution in [2.45, 2.75) is 31.6 Å². The molecule has 1 atom stereocenters. The number of amides is 1. The van der Waals surface area contributed by atoms with Crippen molar-refractivity contribution in [1.29, 1.82) is 0 Å². The molecular weight excluding hydrogens is 398 g/mol. The molecule has 0 aromatic heterocycles. The Balaban J connectivity index is 1.48. The predicted octanol–water partition coefficient (Wildman–Crippen LogP) is 2.53. The van der Waals surface area contributed by atoms with Crippen LogP contribution in [0.5, 0.6) is 0 Å². The average Bonchev–Trinajstić information content (AvgIpc) is 2.73. The molecule has 1 saturated heterocycles. The van der Waals surface area contributed by atoms with Crippen LogP contribution in [-0.4, -0.2) is 62.8 Å². The molecule has 2 aromatic carbocycles. The summed E-state index contributed by atoms with van der Waals surface area (Å²) in [6, 6.07) is 15.5. The molecule has 30 heavy (non-hydrogen) atoms. The van der Waals surface area contributed by atoms with E-state index in [1.165, 1.54) is 9.87 Å².